The second-order valence-electron chi connectivity index (χ2n) is 6.63. The molecule has 166 valence electrons. The molecule has 2 aliphatic carbocycles. The van der Waals surface area contributed by atoms with Crippen molar-refractivity contribution >= 4 is 0 Å². The molecule has 0 N–H and O–H groups in total. The Morgan fingerprint density at radius 3 is 1.31 bits per heavy atom. The van der Waals surface area contributed by atoms with Crippen molar-refractivity contribution < 1.29 is 0 Å². The summed E-state index contributed by atoms with van der Waals surface area (Å²) in [5, 5.41) is 0. The third-order valence-corrected chi connectivity index (χ3v) is 5.10. The molecule has 0 heteroatoms. The molecular weight excluding hydrogens is 348 g/mol. The lowest BCUT2D eigenvalue weighted by molar-refractivity contribution is 0.590. The fourth-order valence-corrected chi connectivity index (χ4v) is 3.77. The van der Waals surface area contributed by atoms with Gasteiger partial charge in [-0.2, -0.15) is 0 Å². The molecule has 0 spiro atoms. The van der Waals surface area contributed by atoms with Crippen LogP contribution in [0.25, 0.3) is 0 Å². The highest BCUT2D eigenvalue weighted by Crippen LogP contribution is 2.32. The van der Waals surface area contributed by atoms with Crippen molar-refractivity contribution in [3.63, 3.8) is 0 Å². The Morgan fingerprint density at radius 1 is 0.517 bits per heavy atom. The molecule has 29 heavy (non-hydrogen) atoms. The molecule has 0 aliphatic heterocycles. The van der Waals surface area contributed by atoms with E-state index in [-0.39, 0.29) is 0 Å². The van der Waals surface area contributed by atoms with Gasteiger partial charge in [0.2, 0.25) is 0 Å². The highest BCUT2D eigenvalue weighted by atomic mass is 14.2. The number of aryl methyl sites for hydroxylation is 2. The van der Waals surface area contributed by atoms with Crippen LogP contribution in [-0.2, 0) is 12.8 Å². The first-order valence-corrected chi connectivity index (χ1v) is 12.4. The van der Waals surface area contributed by atoms with Crippen LogP contribution in [0.2, 0.25) is 0 Å². The van der Waals surface area contributed by atoms with Crippen LogP contribution in [0.3, 0.4) is 0 Å². The van der Waals surface area contributed by atoms with Gasteiger partial charge in [0.15, 0.2) is 0 Å². The average Bonchev–Trinajstić information content (AvgIpc) is 3.21. The third-order valence-electron chi connectivity index (χ3n) is 5.10. The van der Waals surface area contributed by atoms with Crippen molar-refractivity contribution in [1.82, 2.24) is 0 Å². The second kappa shape index (κ2) is 19.7. The van der Waals surface area contributed by atoms with Crippen LogP contribution in [-0.4, -0.2) is 0 Å². The van der Waals surface area contributed by atoms with Gasteiger partial charge in [-0.1, -0.05) is 118 Å². The maximum Gasteiger partial charge on any atom is -0.0184 e. The first-order chi connectivity index (χ1) is 14.3. The summed E-state index contributed by atoms with van der Waals surface area (Å²) in [6.07, 6.45) is 6.67. The van der Waals surface area contributed by atoms with Crippen LogP contribution in [0.4, 0.5) is 0 Å². The molecular formula is C29H50. The molecule has 0 saturated heterocycles. The number of fused-ring (bicyclic) bond motifs is 2. The normalized spacial score (nSPS) is 17.3. The van der Waals surface area contributed by atoms with Crippen molar-refractivity contribution in [2.24, 2.45) is 0 Å². The Bertz CT molecular complexity index is 596. The van der Waals surface area contributed by atoms with E-state index in [4.69, 9.17) is 0 Å². The van der Waals surface area contributed by atoms with E-state index in [9.17, 15) is 0 Å². The van der Waals surface area contributed by atoms with E-state index in [1.54, 1.807) is 22.3 Å². The van der Waals surface area contributed by atoms with Gasteiger partial charge in [-0.15, -0.1) is 0 Å². The SMILES string of the molecule is CC.CC.CC.CC.CC1CCCc2ccccc21.CC1CCc2ccccc21. The number of hydrogen-bond acceptors (Lipinski definition) is 0. The van der Waals surface area contributed by atoms with Gasteiger partial charge in [-0.05, 0) is 66.2 Å². The Labute approximate surface area is 184 Å². The van der Waals surface area contributed by atoms with Crippen LogP contribution in [0.5, 0.6) is 0 Å². The minimum atomic E-state index is 0.792. The van der Waals surface area contributed by atoms with E-state index in [1.807, 2.05) is 55.4 Å². The van der Waals surface area contributed by atoms with Gasteiger partial charge in [0.25, 0.3) is 0 Å². The highest BCUT2D eigenvalue weighted by molar-refractivity contribution is 5.34. The van der Waals surface area contributed by atoms with E-state index in [0.717, 1.165) is 11.8 Å². The first kappa shape index (κ1) is 29.6. The molecule has 2 aromatic carbocycles. The Hall–Kier alpha value is -1.56. The summed E-state index contributed by atoms with van der Waals surface area (Å²) in [5.41, 5.74) is 6.29. The van der Waals surface area contributed by atoms with Crippen molar-refractivity contribution in [3.05, 3.63) is 70.8 Å². The maximum absolute atomic E-state index is 2.33. The molecule has 0 saturated carbocycles. The molecule has 0 bridgehead atoms. The lowest BCUT2D eigenvalue weighted by atomic mass is 9.84. The summed E-state index contributed by atoms with van der Waals surface area (Å²) in [5.74, 6) is 1.59. The summed E-state index contributed by atoms with van der Waals surface area (Å²) in [6, 6.07) is 17.6. The molecule has 2 aromatic rings. The van der Waals surface area contributed by atoms with Gasteiger partial charge < -0.3 is 0 Å². The van der Waals surface area contributed by atoms with Gasteiger partial charge in [0, 0.05) is 0 Å². The molecule has 0 nitrogen and oxygen atoms in total. The van der Waals surface area contributed by atoms with Crippen molar-refractivity contribution in [3.8, 4) is 0 Å². The molecule has 0 fully saturated rings. The van der Waals surface area contributed by atoms with Gasteiger partial charge in [-0.25, -0.2) is 0 Å². The lowest BCUT2D eigenvalue weighted by Crippen LogP contribution is -2.05. The summed E-state index contributed by atoms with van der Waals surface area (Å²) in [4.78, 5) is 0. The van der Waals surface area contributed by atoms with Gasteiger partial charge >= 0.3 is 0 Å². The van der Waals surface area contributed by atoms with Gasteiger partial charge in [0.05, 0.1) is 0 Å². The number of rotatable bonds is 0. The number of hydrogen-bond donors (Lipinski definition) is 0. The standard InChI is InChI=1S/C11H14.C10H12.4C2H6/c1-9-5-4-7-10-6-2-3-8-11(9)10;1-8-6-7-9-4-2-3-5-10(8)9;4*1-2/h2-3,6,8-9H,4-5,7H2,1H3;2-5,8H,6-7H2,1H3;4*1-2H3. The molecule has 0 heterocycles. The van der Waals surface area contributed by atoms with E-state index in [1.165, 1.54) is 32.1 Å². The third kappa shape index (κ3) is 10.2. The second-order valence-corrected chi connectivity index (χ2v) is 6.63. The molecule has 0 radical (unpaired) electrons. The van der Waals surface area contributed by atoms with Crippen molar-refractivity contribution in [2.75, 3.05) is 0 Å². The average molecular weight is 399 g/mol. The smallest absolute Gasteiger partial charge is 0.0184 e. The van der Waals surface area contributed by atoms with E-state index >= 15 is 0 Å². The topological polar surface area (TPSA) is 0 Å². The lowest BCUT2D eigenvalue weighted by Gasteiger charge is -2.21. The Balaban J connectivity index is 0. The monoisotopic (exact) mass is 398 g/mol. The Kier molecular flexibility index (Phi) is 20.2. The fourth-order valence-electron chi connectivity index (χ4n) is 3.77. The van der Waals surface area contributed by atoms with Crippen molar-refractivity contribution in [2.45, 2.75) is 113 Å². The zero-order valence-corrected chi connectivity index (χ0v) is 21.3. The summed E-state index contributed by atoms with van der Waals surface area (Å²) >= 11 is 0. The Morgan fingerprint density at radius 2 is 0.897 bits per heavy atom. The predicted octanol–water partition coefficient (Wildman–Crippen LogP) is 9.97. The molecule has 4 rings (SSSR count). The zero-order valence-electron chi connectivity index (χ0n) is 21.3. The van der Waals surface area contributed by atoms with Crippen LogP contribution >= 0.6 is 0 Å². The predicted molar refractivity (Wildman–Crippen MR) is 136 cm³/mol. The van der Waals surface area contributed by atoms with E-state index in [0.29, 0.717) is 0 Å². The minimum absolute atomic E-state index is 0.792. The van der Waals surface area contributed by atoms with Crippen LogP contribution in [0.1, 0.15) is 123 Å². The van der Waals surface area contributed by atoms with E-state index < -0.39 is 0 Å². The van der Waals surface area contributed by atoms with Gasteiger partial charge in [0.1, 0.15) is 0 Å². The summed E-state index contributed by atoms with van der Waals surface area (Å²) in [6.45, 7) is 20.6. The fraction of sp³-hybridized carbons (Fsp3) is 0.586. The minimum Gasteiger partial charge on any atom is -0.0683 e. The van der Waals surface area contributed by atoms with Crippen LogP contribution in [0, 0.1) is 0 Å². The zero-order chi connectivity index (χ0) is 22.7. The summed E-state index contributed by atoms with van der Waals surface area (Å²) < 4.78 is 0. The maximum atomic E-state index is 2.33. The molecule has 2 aliphatic rings. The molecule has 2 unspecified atom stereocenters. The highest BCUT2D eigenvalue weighted by Gasteiger charge is 2.16. The first-order valence-electron chi connectivity index (χ1n) is 12.4. The van der Waals surface area contributed by atoms with Gasteiger partial charge in [-0.3, -0.25) is 0 Å². The van der Waals surface area contributed by atoms with E-state index in [2.05, 4.69) is 62.4 Å². The quantitative estimate of drug-likeness (QED) is 0.414. The molecule has 0 aromatic heterocycles. The van der Waals surface area contributed by atoms with Crippen molar-refractivity contribution in [1.29, 1.82) is 0 Å². The van der Waals surface area contributed by atoms with Crippen LogP contribution < -0.4 is 0 Å². The molecule has 0 amide bonds. The largest absolute Gasteiger partial charge is 0.0683 e. The molecule has 2 atom stereocenters. The number of benzene rings is 2. The summed E-state index contributed by atoms with van der Waals surface area (Å²) in [7, 11) is 0. The van der Waals surface area contributed by atoms with Crippen LogP contribution in [0.15, 0.2) is 48.5 Å².